The molecule has 3 N–H and O–H groups in total. The highest BCUT2D eigenvalue weighted by atomic mass is 35.5. The second-order valence-corrected chi connectivity index (χ2v) is 6.54. The van der Waals surface area contributed by atoms with E-state index in [1.54, 1.807) is 39.8 Å². The smallest absolute Gasteiger partial charge is 0.352 e. The number of hydrogen-bond donors (Lipinski definition) is 2. The molecule has 0 saturated heterocycles. The number of halogens is 4. The van der Waals surface area contributed by atoms with Crippen molar-refractivity contribution in [3.63, 3.8) is 0 Å². The minimum absolute atomic E-state index is 0. The lowest BCUT2D eigenvalue weighted by molar-refractivity contribution is -0.138. The molecule has 0 bridgehead atoms. The van der Waals surface area contributed by atoms with Crippen LogP contribution in [0.15, 0.2) is 24.3 Å². The number of amides is 1. The number of benzene rings is 1. The highest BCUT2D eigenvalue weighted by Gasteiger charge is 2.34. The summed E-state index contributed by atoms with van der Waals surface area (Å²) >= 11 is 0. The topological polar surface area (TPSA) is 72.9 Å². The number of hydrogen-bond acceptors (Lipinski definition) is 3. The number of carbonyl (C=O) groups excluding carboxylic acids is 1. The lowest BCUT2D eigenvalue weighted by Crippen LogP contribution is -2.38. The van der Waals surface area contributed by atoms with Crippen LogP contribution < -0.4 is 11.1 Å². The fourth-order valence-electron chi connectivity index (χ4n) is 2.59. The van der Waals surface area contributed by atoms with Crippen LogP contribution in [-0.4, -0.2) is 21.7 Å². The molecule has 0 saturated carbocycles. The van der Waals surface area contributed by atoms with Crippen LogP contribution in [0.4, 0.5) is 13.2 Å². The summed E-state index contributed by atoms with van der Waals surface area (Å²) in [6.07, 6.45) is -4.54. The van der Waals surface area contributed by atoms with Crippen molar-refractivity contribution in [3.8, 4) is 5.69 Å². The first-order valence-corrected chi connectivity index (χ1v) is 8.27. The van der Waals surface area contributed by atoms with Gasteiger partial charge in [-0.25, -0.2) is 4.68 Å². The third kappa shape index (κ3) is 5.46. The quantitative estimate of drug-likeness (QED) is 0.800. The van der Waals surface area contributed by atoms with Gasteiger partial charge in [0.05, 0.1) is 16.9 Å². The van der Waals surface area contributed by atoms with Gasteiger partial charge in [0.2, 0.25) is 5.91 Å². The van der Waals surface area contributed by atoms with Crippen LogP contribution in [0, 0.1) is 19.8 Å². The highest BCUT2D eigenvalue weighted by molar-refractivity contribution is 5.85. The van der Waals surface area contributed by atoms with E-state index in [4.69, 9.17) is 5.73 Å². The van der Waals surface area contributed by atoms with Crippen molar-refractivity contribution in [2.24, 2.45) is 11.7 Å². The molecule has 0 aliphatic carbocycles. The van der Waals surface area contributed by atoms with Gasteiger partial charge in [-0.1, -0.05) is 13.0 Å². The second-order valence-electron chi connectivity index (χ2n) is 6.54. The lowest BCUT2D eigenvalue weighted by atomic mass is 10.0. The molecule has 5 nitrogen and oxygen atoms in total. The van der Waals surface area contributed by atoms with Gasteiger partial charge >= 0.3 is 6.18 Å². The molecule has 9 heteroatoms. The fourth-order valence-corrected chi connectivity index (χ4v) is 2.59. The lowest BCUT2D eigenvalue weighted by Gasteiger charge is -2.18. The molecule has 2 aromatic rings. The van der Waals surface area contributed by atoms with Crippen LogP contribution in [0.3, 0.4) is 0 Å². The van der Waals surface area contributed by atoms with Crippen LogP contribution >= 0.6 is 12.4 Å². The largest absolute Gasteiger partial charge is 0.416 e. The van der Waals surface area contributed by atoms with Gasteiger partial charge in [-0.2, -0.15) is 18.3 Å². The van der Waals surface area contributed by atoms with Gasteiger partial charge in [-0.3, -0.25) is 4.79 Å². The van der Waals surface area contributed by atoms with E-state index < -0.39 is 17.7 Å². The number of carbonyl (C=O) groups is 1. The third-order valence-electron chi connectivity index (χ3n) is 4.31. The van der Waals surface area contributed by atoms with Gasteiger partial charge in [0.15, 0.2) is 0 Å². The number of nitrogens with one attached hydrogen (secondary N) is 1. The second kappa shape index (κ2) is 8.75. The average molecular weight is 405 g/mol. The van der Waals surface area contributed by atoms with E-state index in [0.29, 0.717) is 5.69 Å². The number of nitrogens with zero attached hydrogens (tertiary/aromatic N) is 2. The average Bonchev–Trinajstić information content (AvgIpc) is 2.89. The Hall–Kier alpha value is -2.06. The molecule has 0 fully saturated rings. The van der Waals surface area contributed by atoms with Gasteiger partial charge in [-0.05, 0) is 44.5 Å². The number of alkyl halides is 3. The summed E-state index contributed by atoms with van der Waals surface area (Å²) in [6, 6.07) is 5.38. The maximum Gasteiger partial charge on any atom is 0.416 e. The van der Waals surface area contributed by atoms with Crippen molar-refractivity contribution in [1.29, 1.82) is 0 Å². The zero-order chi connectivity index (χ0) is 19.6. The van der Waals surface area contributed by atoms with Crippen molar-refractivity contribution in [2.75, 3.05) is 0 Å². The standard InChI is InChI=1S/C18H23F3N4O.ClH/c1-10-7-11(2)25(24-10)15-6-5-14(16(8-15)18(19,20)21)9-23-17(26)12(3)13(4)22;/h5-8,12-13H,9,22H2,1-4H3,(H,23,26);1H. The summed E-state index contributed by atoms with van der Waals surface area (Å²) in [7, 11) is 0. The fraction of sp³-hybridized carbons (Fsp3) is 0.444. The van der Waals surface area contributed by atoms with E-state index in [1.807, 2.05) is 0 Å². The molecule has 1 aromatic heterocycles. The number of rotatable bonds is 5. The Kier molecular flexibility index (Phi) is 7.45. The molecule has 2 rings (SSSR count). The highest BCUT2D eigenvalue weighted by Crippen LogP contribution is 2.33. The number of aryl methyl sites for hydroxylation is 2. The van der Waals surface area contributed by atoms with Gasteiger partial charge in [0.1, 0.15) is 0 Å². The first-order valence-electron chi connectivity index (χ1n) is 8.27. The molecule has 0 spiro atoms. The first-order chi connectivity index (χ1) is 12.0. The van der Waals surface area contributed by atoms with Crippen LogP contribution in [-0.2, 0) is 17.5 Å². The summed E-state index contributed by atoms with van der Waals surface area (Å²) in [5, 5.41) is 6.74. The normalized spacial score (nSPS) is 13.6. The van der Waals surface area contributed by atoms with Crippen LogP contribution in [0.2, 0.25) is 0 Å². The Morgan fingerprint density at radius 2 is 1.89 bits per heavy atom. The predicted octanol–water partition coefficient (Wildman–Crippen LogP) is 3.53. The molecular weight excluding hydrogens is 381 g/mol. The van der Waals surface area contributed by atoms with Crippen molar-refractivity contribution < 1.29 is 18.0 Å². The van der Waals surface area contributed by atoms with E-state index in [9.17, 15) is 18.0 Å². The molecule has 27 heavy (non-hydrogen) atoms. The Balaban J connectivity index is 0.00000364. The van der Waals surface area contributed by atoms with Gasteiger partial charge in [0.25, 0.3) is 0 Å². The molecule has 0 aliphatic rings. The maximum atomic E-state index is 13.5. The molecule has 2 unspecified atom stereocenters. The third-order valence-corrected chi connectivity index (χ3v) is 4.31. The Labute approximate surface area is 162 Å². The van der Waals surface area contributed by atoms with E-state index in [0.717, 1.165) is 17.5 Å². The van der Waals surface area contributed by atoms with Crippen LogP contribution in [0.5, 0.6) is 0 Å². The van der Waals surface area contributed by atoms with Crippen molar-refractivity contribution >= 4 is 18.3 Å². The minimum atomic E-state index is -4.54. The zero-order valence-corrected chi connectivity index (χ0v) is 16.4. The first kappa shape index (κ1) is 23.0. The minimum Gasteiger partial charge on any atom is -0.352 e. The molecule has 0 radical (unpaired) electrons. The summed E-state index contributed by atoms with van der Waals surface area (Å²) in [5.41, 5.74) is 6.63. The monoisotopic (exact) mass is 404 g/mol. The summed E-state index contributed by atoms with van der Waals surface area (Å²) in [4.78, 5) is 12.0. The summed E-state index contributed by atoms with van der Waals surface area (Å²) < 4.78 is 42.0. The maximum absolute atomic E-state index is 13.5. The number of nitrogens with two attached hydrogens (primary N) is 1. The molecule has 150 valence electrons. The van der Waals surface area contributed by atoms with Crippen LogP contribution in [0.25, 0.3) is 5.69 Å². The van der Waals surface area contributed by atoms with E-state index in [2.05, 4.69) is 10.4 Å². The van der Waals surface area contributed by atoms with Gasteiger partial charge in [0, 0.05) is 24.2 Å². The van der Waals surface area contributed by atoms with Crippen molar-refractivity contribution in [3.05, 3.63) is 46.8 Å². The molecular formula is C18H24ClF3N4O. The van der Waals surface area contributed by atoms with E-state index in [1.165, 1.54) is 10.7 Å². The summed E-state index contributed by atoms with van der Waals surface area (Å²) in [5.74, 6) is -0.867. The SMILES string of the molecule is Cc1cc(C)n(-c2ccc(CNC(=O)C(C)C(C)N)c(C(F)(F)F)c2)n1.Cl. The Bertz CT molecular complexity index is 802. The molecule has 1 heterocycles. The number of aromatic nitrogens is 2. The van der Waals surface area contributed by atoms with Gasteiger partial charge < -0.3 is 11.1 Å². The molecule has 2 atom stereocenters. The van der Waals surface area contributed by atoms with E-state index in [-0.39, 0.29) is 36.5 Å². The van der Waals surface area contributed by atoms with Crippen LogP contribution in [0.1, 0.15) is 36.4 Å². The Morgan fingerprint density at radius 1 is 1.26 bits per heavy atom. The van der Waals surface area contributed by atoms with Crippen molar-refractivity contribution in [2.45, 2.75) is 46.5 Å². The zero-order valence-electron chi connectivity index (χ0n) is 15.6. The predicted molar refractivity (Wildman–Crippen MR) is 99.9 cm³/mol. The van der Waals surface area contributed by atoms with E-state index >= 15 is 0 Å². The van der Waals surface area contributed by atoms with Crippen molar-refractivity contribution in [1.82, 2.24) is 15.1 Å². The molecule has 1 amide bonds. The molecule has 1 aromatic carbocycles. The molecule has 0 aliphatic heterocycles. The van der Waals surface area contributed by atoms with Gasteiger partial charge in [-0.15, -0.1) is 12.4 Å². The Morgan fingerprint density at radius 3 is 2.37 bits per heavy atom. The summed E-state index contributed by atoms with van der Waals surface area (Å²) in [6.45, 7) is 6.64.